The molecule has 0 aromatic heterocycles. The van der Waals surface area contributed by atoms with Crippen molar-refractivity contribution >= 4 is 27.7 Å². The molecule has 0 saturated heterocycles. The largest absolute Gasteiger partial charge is 0.484 e. The standard InChI is InChI=1S/C18H17BrN2O3/c1-12-3-9-16(10-4-12)23-11-17-20-21(13(2)22)18(24-17)14-5-7-15(19)8-6-14/h3-10,18H,11H2,1-2H3/t18-/m0/s1. The number of rotatable bonds is 4. The molecule has 1 aliphatic heterocycles. The molecular weight excluding hydrogens is 372 g/mol. The second kappa shape index (κ2) is 7.05. The van der Waals surface area contributed by atoms with Crippen LogP contribution in [0.1, 0.15) is 24.3 Å². The number of hydrogen-bond acceptors (Lipinski definition) is 4. The van der Waals surface area contributed by atoms with Gasteiger partial charge in [0.15, 0.2) is 6.61 Å². The third-order valence-electron chi connectivity index (χ3n) is 3.55. The van der Waals surface area contributed by atoms with Crippen molar-refractivity contribution in [3.8, 4) is 5.75 Å². The van der Waals surface area contributed by atoms with Crippen LogP contribution in [0.4, 0.5) is 0 Å². The van der Waals surface area contributed by atoms with Gasteiger partial charge in [0.1, 0.15) is 5.75 Å². The zero-order chi connectivity index (χ0) is 17.1. The molecule has 0 bridgehead atoms. The molecule has 1 heterocycles. The van der Waals surface area contributed by atoms with E-state index >= 15 is 0 Å². The maximum atomic E-state index is 11.8. The van der Waals surface area contributed by atoms with E-state index in [1.54, 1.807) is 0 Å². The quantitative estimate of drug-likeness (QED) is 0.794. The van der Waals surface area contributed by atoms with Crippen LogP contribution in [0, 0.1) is 6.92 Å². The summed E-state index contributed by atoms with van der Waals surface area (Å²) < 4.78 is 12.5. The number of aryl methyl sites for hydroxylation is 1. The predicted octanol–water partition coefficient (Wildman–Crippen LogP) is 4.03. The zero-order valence-electron chi connectivity index (χ0n) is 13.4. The molecule has 124 valence electrons. The topological polar surface area (TPSA) is 51.1 Å². The van der Waals surface area contributed by atoms with Gasteiger partial charge in [-0.3, -0.25) is 4.79 Å². The first kappa shape index (κ1) is 16.5. The summed E-state index contributed by atoms with van der Waals surface area (Å²) in [5.74, 6) is 0.917. The van der Waals surface area contributed by atoms with Crippen molar-refractivity contribution in [3.63, 3.8) is 0 Å². The number of ether oxygens (including phenoxy) is 2. The van der Waals surface area contributed by atoms with Gasteiger partial charge in [0, 0.05) is 17.0 Å². The van der Waals surface area contributed by atoms with Crippen LogP contribution in [0.15, 0.2) is 58.1 Å². The van der Waals surface area contributed by atoms with E-state index in [-0.39, 0.29) is 12.5 Å². The average molecular weight is 389 g/mol. The summed E-state index contributed by atoms with van der Waals surface area (Å²) in [6.07, 6.45) is -0.563. The van der Waals surface area contributed by atoms with E-state index in [1.807, 2.05) is 55.5 Å². The van der Waals surface area contributed by atoms with E-state index in [0.29, 0.717) is 5.90 Å². The summed E-state index contributed by atoms with van der Waals surface area (Å²) in [7, 11) is 0. The summed E-state index contributed by atoms with van der Waals surface area (Å²) in [5.41, 5.74) is 2.01. The molecular formula is C18H17BrN2O3. The van der Waals surface area contributed by atoms with Crippen molar-refractivity contribution in [1.82, 2.24) is 5.01 Å². The Balaban J connectivity index is 1.70. The highest BCUT2D eigenvalue weighted by molar-refractivity contribution is 9.10. The fourth-order valence-corrected chi connectivity index (χ4v) is 2.55. The van der Waals surface area contributed by atoms with Gasteiger partial charge in [-0.15, -0.1) is 5.10 Å². The van der Waals surface area contributed by atoms with Crippen LogP contribution < -0.4 is 4.74 Å². The average Bonchev–Trinajstić information content (AvgIpc) is 3.00. The van der Waals surface area contributed by atoms with Crippen molar-refractivity contribution in [1.29, 1.82) is 0 Å². The Morgan fingerprint density at radius 1 is 1.21 bits per heavy atom. The Morgan fingerprint density at radius 3 is 2.50 bits per heavy atom. The lowest BCUT2D eigenvalue weighted by Crippen LogP contribution is -2.25. The minimum absolute atomic E-state index is 0.167. The number of hydrogen-bond donors (Lipinski definition) is 0. The Bertz CT molecular complexity index is 757. The highest BCUT2D eigenvalue weighted by Gasteiger charge is 2.32. The lowest BCUT2D eigenvalue weighted by atomic mass is 10.2. The molecule has 0 saturated carbocycles. The van der Waals surface area contributed by atoms with E-state index in [2.05, 4.69) is 21.0 Å². The molecule has 1 aliphatic rings. The van der Waals surface area contributed by atoms with Gasteiger partial charge in [-0.05, 0) is 31.2 Å². The monoisotopic (exact) mass is 388 g/mol. The first-order valence-corrected chi connectivity index (χ1v) is 8.31. The lowest BCUT2D eigenvalue weighted by molar-refractivity contribution is -0.135. The van der Waals surface area contributed by atoms with Crippen LogP contribution in [0.3, 0.4) is 0 Å². The Hall–Kier alpha value is -2.34. The van der Waals surface area contributed by atoms with Crippen molar-refractivity contribution < 1.29 is 14.3 Å². The van der Waals surface area contributed by atoms with E-state index in [1.165, 1.54) is 11.9 Å². The van der Waals surface area contributed by atoms with E-state index in [9.17, 15) is 4.79 Å². The van der Waals surface area contributed by atoms with Gasteiger partial charge < -0.3 is 9.47 Å². The highest BCUT2D eigenvalue weighted by atomic mass is 79.9. The smallest absolute Gasteiger partial charge is 0.247 e. The molecule has 0 N–H and O–H groups in total. The highest BCUT2D eigenvalue weighted by Crippen LogP contribution is 2.29. The molecule has 2 aromatic carbocycles. The maximum Gasteiger partial charge on any atom is 0.247 e. The van der Waals surface area contributed by atoms with Crippen molar-refractivity contribution in [2.24, 2.45) is 5.10 Å². The number of hydrazone groups is 1. The molecule has 5 nitrogen and oxygen atoms in total. The van der Waals surface area contributed by atoms with Crippen molar-refractivity contribution in [2.75, 3.05) is 6.61 Å². The third kappa shape index (κ3) is 3.76. The molecule has 0 aliphatic carbocycles. The molecule has 0 fully saturated rings. The summed E-state index contributed by atoms with van der Waals surface area (Å²) in [4.78, 5) is 11.8. The number of amides is 1. The van der Waals surface area contributed by atoms with Crippen LogP contribution in [-0.4, -0.2) is 23.4 Å². The molecule has 3 rings (SSSR count). The second-order valence-corrected chi connectivity index (χ2v) is 6.40. The van der Waals surface area contributed by atoms with Gasteiger partial charge in [-0.1, -0.05) is 45.8 Å². The van der Waals surface area contributed by atoms with E-state index in [4.69, 9.17) is 9.47 Å². The Labute approximate surface area is 149 Å². The summed E-state index contributed by atoms with van der Waals surface area (Å²) in [6.45, 7) is 3.64. The Kier molecular flexibility index (Phi) is 4.85. The molecule has 1 amide bonds. The lowest BCUT2D eigenvalue weighted by Gasteiger charge is -2.19. The van der Waals surface area contributed by atoms with Gasteiger partial charge in [0.2, 0.25) is 18.0 Å². The number of carbonyl (C=O) groups is 1. The van der Waals surface area contributed by atoms with E-state index < -0.39 is 6.23 Å². The molecule has 0 spiro atoms. The summed E-state index contributed by atoms with van der Waals surface area (Å²) in [5, 5.41) is 5.57. The number of nitrogens with zero attached hydrogens (tertiary/aromatic N) is 2. The van der Waals surface area contributed by atoms with E-state index in [0.717, 1.165) is 21.3 Å². The normalized spacial score (nSPS) is 16.5. The minimum Gasteiger partial charge on any atom is -0.484 e. The number of carbonyl (C=O) groups excluding carboxylic acids is 1. The molecule has 0 radical (unpaired) electrons. The Morgan fingerprint density at radius 2 is 1.88 bits per heavy atom. The minimum atomic E-state index is -0.563. The third-order valence-corrected chi connectivity index (χ3v) is 4.08. The van der Waals surface area contributed by atoms with Gasteiger partial charge in [0.05, 0.1) is 0 Å². The summed E-state index contributed by atoms with van der Waals surface area (Å²) >= 11 is 3.40. The number of benzene rings is 2. The molecule has 1 atom stereocenters. The van der Waals surface area contributed by atoms with Crippen LogP contribution in [-0.2, 0) is 9.53 Å². The zero-order valence-corrected chi connectivity index (χ0v) is 15.0. The molecule has 6 heteroatoms. The second-order valence-electron chi connectivity index (χ2n) is 5.48. The van der Waals surface area contributed by atoms with Crippen LogP contribution in [0.5, 0.6) is 5.75 Å². The number of halogens is 1. The van der Waals surface area contributed by atoms with Gasteiger partial charge in [-0.25, -0.2) is 0 Å². The first-order valence-electron chi connectivity index (χ1n) is 7.52. The van der Waals surface area contributed by atoms with Gasteiger partial charge in [-0.2, -0.15) is 5.01 Å². The predicted molar refractivity (Wildman–Crippen MR) is 94.6 cm³/mol. The van der Waals surface area contributed by atoms with Gasteiger partial charge in [0.25, 0.3) is 0 Å². The summed E-state index contributed by atoms with van der Waals surface area (Å²) in [6, 6.07) is 15.3. The van der Waals surface area contributed by atoms with Crippen molar-refractivity contribution in [2.45, 2.75) is 20.1 Å². The first-order chi connectivity index (χ1) is 11.5. The van der Waals surface area contributed by atoms with Gasteiger partial charge >= 0.3 is 0 Å². The SMILES string of the molecule is CC(=O)N1N=C(COc2ccc(C)cc2)O[C@H]1c1ccc(Br)cc1. The fourth-order valence-electron chi connectivity index (χ4n) is 2.29. The molecule has 24 heavy (non-hydrogen) atoms. The molecule has 0 unspecified atom stereocenters. The van der Waals surface area contributed by atoms with Crippen LogP contribution >= 0.6 is 15.9 Å². The molecule has 2 aromatic rings. The fraction of sp³-hybridized carbons (Fsp3) is 0.222. The maximum absolute atomic E-state index is 11.8. The van der Waals surface area contributed by atoms with Crippen LogP contribution in [0.25, 0.3) is 0 Å². The van der Waals surface area contributed by atoms with Crippen LogP contribution in [0.2, 0.25) is 0 Å². The van der Waals surface area contributed by atoms with Crippen molar-refractivity contribution in [3.05, 3.63) is 64.1 Å².